The highest BCUT2D eigenvalue weighted by atomic mass is 16.1. The van der Waals surface area contributed by atoms with Gasteiger partial charge in [0.05, 0.1) is 34.0 Å². The van der Waals surface area contributed by atoms with E-state index in [1.807, 2.05) is 140 Å². The number of nitriles is 2. The number of hydrogen-bond acceptors (Lipinski definition) is 7. The van der Waals surface area contributed by atoms with Crippen molar-refractivity contribution in [3.05, 3.63) is 192 Å². The number of carbonyl (C=O) groups is 2. The minimum Gasteiger partial charge on any atom is -0.287 e. The highest BCUT2D eigenvalue weighted by molar-refractivity contribution is 6.19. The fraction of sp³-hybridized carbons (Fsp3) is 0. The molecular formula is C43H26N8O2. The molecule has 0 N–H and O–H groups in total. The zero-order valence-electron chi connectivity index (χ0n) is 27.9. The van der Waals surface area contributed by atoms with Gasteiger partial charge >= 0.3 is 0 Å². The smallest absolute Gasteiger partial charge is 0.235 e. The molecule has 10 nitrogen and oxygen atoms in total. The van der Waals surface area contributed by atoms with Crippen LogP contribution in [0.25, 0.3) is 39.6 Å². The summed E-state index contributed by atoms with van der Waals surface area (Å²) < 4.78 is 4.54. The molecule has 5 aromatic carbocycles. The zero-order valence-corrected chi connectivity index (χ0v) is 27.9. The van der Waals surface area contributed by atoms with Crippen LogP contribution >= 0.6 is 0 Å². The number of hydrogen-bond donors (Lipinski definition) is 0. The predicted molar refractivity (Wildman–Crippen MR) is 198 cm³/mol. The van der Waals surface area contributed by atoms with Gasteiger partial charge in [-0.05, 0) is 36.4 Å². The Morgan fingerprint density at radius 2 is 0.830 bits per heavy atom. The first-order valence-electron chi connectivity index (χ1n) is 16.6. The molecule has 0 aliphatic heterocycles. The van der Waals surface area contributed by atoms with E-state index in [-0.39, 0.29) is 33.8 Å². The molecule has 8 rings (SSSR count). The number of carbonyl (C=O) groups excluding carboxylic acids is 2. The quantitative estimate of drug-likeness (QED) is 0.142. The lowest BCUT2D eigenvalue weighted by molar-refractivity contribution is 0.0995. The Hall–Kier alpha value is -7.95. The molecule has 3 heterocycles. The van der Waals surface area contributed by atoms with E-state index >= 15 is 0 Å². The molecule has 0 aliphatic rings. The van der Waals surface area contributed by atoms with E-state index < -0.39 is 11.6 Å². The Balaban J connectivity index is 1.34. The normalized spacial score (nSPS) is 10.8. The first-order chi connectivity index (χ1) is 26.1. The molecule has 0 atom stereocenters. The molecule has 0 radical (unpaired) electrons. The Kier molecular flexibility index (Phi) is 8.37. The fourth-order valence-corrected chi connectivity index (χ4v) is 6.26. The van der Waals surface area contributed by atoms with Crippen LogP contribution in [0.15, 0.2) is 158 Å². The molecule has 0 aliphatic carbocycles. The summed E-state index contributed by atoms with van der Waals surface area (Å²) in [5, 5.41) is 35.2. The molecule has 0 unspecified atom stereocenters. The third-order valence-electron chi connectivity index (χ3n) is 8.72. The molecule has 10 heteroatoms. The summed E-state index contributed by atoms with van der Waals surface area (Å²) in [6.07, 6.45) is 1.45. The van der Waals surface area contributed by atoms with Crippen LogP contribution in [0, 0.1) is 22.7 Å². The van der Waals surface area contributed by atoms with E-state index in [1.165, 1.54) is 10.9 Å². The first kappa shape index (κ1) is 32.3. The summed E-state index contributed by atoms with van der Waals surface area (Å²) in [7, 11) is 0. The second-order valence-electron chi connectivity index (χ2n) is 11.9. The SMILES string of the molecule is N#Cc1c(C(=O)c2cn(-c3ccccc3)nc2C(=O)c2nn(-c3ccccc3)c(-c3ccccc3)c2C#N)nn(-c2ccccc2)c1-c1ccccc1. The Labute approximate surface area is 303 Å². The average molecular weight is 687 g/mol. The van der Waals surface area contributed by atoms with Gasteiger partial charge in [0.25, 0.3) is 0 Å². The maximum atomic E-state index is 14.8. The van der Waals surface area contributed by atoms with Crippen LogP contribution in [0.4, 0.5) is 0 Å². The van der Waals surface area contributed by atoms with E-state index in [4.69, 9.17) is 10.2 Å². The second-order valence-corrected chi connectivity index (χ2v) is 11.9. The highest BCUT2D eigenvalue weighted by Gasteiger charge is 2.34. The van der Waals surface area contributed by atoms with E-state index in [0.717, 1.165) is 0 Å². The van der Waals surface area contributed by atoms with Crippen LogP contribution < -0.4 is 0 Å². The van der Waals surface area contributed by atoms with Crippen molar-refractivity contribution in [2.75, 3.05) is 0 Å². The van der Waals surface area contributed by atoms with Crippen molar-refractivity contribution < 1.29 is 9.59 Å². The average Bonchev–Trinajstić information content (AvgIpc) is 3.96. The fourth-order valence-electron chi connectivity index (χ4n) is 6.26. The summed E-state index contributed by atoms with van der Waals surface area (Å²) in [4.78, 5) is 29.6. The van der Waals surface area contributed by atoms with Gasteiger partial charge in [0.15, 0.2) is 11.4 Å². The summed E-state index contributed by atoms with van der Waals surface area (Å²) in [5.41, 5.74) is 3.41. The third kappa shape index (κ3) is 5.78. The lowest BCUT2D eigenvalue weighted by Gasteiger charge is -2.07. The van der Waals surface area contributed by atoms with Gasteiger partial charge in [0.2, 0.25) is 11.6 Å². The Morgan fingerprint density at radius 3 is 1.25 bits per heavy atom. The first-order valence-corrected chi connectivity index (χ1v) is 16.6. The molecule has 3 aromatic heterocycles. The zero-order chi connectivity index (χ0) is 36.3. The van der Waals surface area contributed by atoms with Crippen LogP contribution in [-0.2, 0) is 0 Å². The monoisotopic (exact) mass is 686 g/mol. The van der Waals surface area contributed by atoms with E-state index in [9.17, 15) is 20.1 Å². The van der Waals surface area contributed by atoms with Gasteiger partial charge < -0.3 is 0 Å². The molecule has 0 fully saturated rings. The lowest BCUT2D eigenvalue weighted by atomic mass is 9.98. The summed E-state index contributed by atoms with van der Waals surface area (Å²) >= 11 is 0. The molecule has 8 aromatic rings. The predicted octanol–water partition coefficient (Wildman–Crippen LogP) is 7.78. The molecule has 0 saturated carbocycles. The summed E-state index contributed by atoms with van der Waals surface area (Å²) in [6.45, 7) is 0. The number of ketones is 2. The van der Waals surface area contributed by atoms with E-state index in [2.05, 4.69) is 17.2 Å². The second kappa shape index (κ2) is 13.8. The molecule has 0 saturated heterocycles. The van der Waals surface area contributed by atoms with E-state index in [0.29, 0.717) is 39.6 Å². The molecule has 0 spiro atoms. The molecular weight excluding hydrogens is 661 g/mol. The summed E-state index contributed by atoms with van der Waals surface area (Å²) in [6, 6.07) is 50.2. The van der Waals surface area contributed by atoms with Crippen molar-refractivity contribution >= 4 is 11.6 Å². The van der Waals surface area contributed by atoms with Crippen LogP contribution in [0.2, 0.25) is 0 Å². The van der Waals surface area contributed by atoms with Gasteiger partial charge in [-0.2, -0.15) is 25.8 Å². The highest BCUT2D eigenvalue weighted by Crippen LogP contribution is 2.33. The maximum Gasteiger partial charge on any atom is 0.235 e. The number of benzene rings is 5. The number of nitrogens with zero attached hydrogens (tertiary/aromatic N) is 8. The molecule has 0 bridgehead atoms. The van der Waals surface area contributed by atoms with Gasteiger partial charge in [0, 0.05) is 17.3 Å². The van der Waals surface area contributed by atoms with Crippen LogP contribution in [0.1, 0.15) is 43.4 Å². The van der Waals surface area contributed by atoms with Crippen molar-refractivity contribution in [2.24, 2.45) is 0 Å². The Bertz CT molecular complexity index is 2530. The van der Waals surface area contributed by atoms with Crippen molar-refractivity contribution in [3.63, 3.8) is 0 Å². The minimum absolute atomic E-state index is 0.0233. The van der Waals surface area contributed by atoms with E-state index in [1.54, 1.807) is 21.5 Å². The Morgan fingerprint density at radius 1 is 0.453 bits per heavy atom. The van der Waals surface area contributed by atoms with Crippen LogP contribution in [0.3, 0.4) is 0 Å². The van der Waals surface area contributed by atoms with Gasteiger partial charge in [-0.25, -0.2) is 14.0 Å². The number of para-hydroxylation sites is 3. The standard InChI is InChI=1S/C43H26N8O2/c44-26-34-37(47-50(32-22-12-4-13-23-32)40(34)29-16-6-1-7-17-29)42(52)36-28-49(31-20-10-3-11-21-31)46-39(36)43(53)38-35(27-45)41(30-18-8-2-9-19-30)51(48-38)33-24-14-5-15-25-33/h1-25,28H. The minimum atomic E-state index is -0.740. The van der Waals surface area contributed by atoms with Crippen molar-refractivity contribution in [1.29, 1.82) is 10.5 Å². The topological polar surface area (TPSA) is 135 Å². The number of aromatic nitrogens is 6. The van der Waals surface area contributed by atoms with Crippen LogP contribution in [0.5, 0.6) is 0 Å². The number of rotatable bonds is 9. The van der Waals surface area contributed by atoms with Crippen molar-refractivity contribution in [1.82, 2.24) is 29.3 Å². The maximum absolute atomic E-state index is 14.8. The summed E-state index contributed by atoms with van der Waals surface area (Å²) in [5.74, 6) is -1.43. The van der Waals surface area contributed by atoms with Crippen molar-refractivity contribution in [3.8, 4) is 51.7 Å². The van der Waals surface area contributed by atoms with Crippen LogP contribution in [-0.4, -0.2) is 40.9 Å². The lowest BCUT2D eigenvalue weighted by Crippen LogP contribution is -2.13. The van der Waals surface area contributed by atoms with Gasteiger partial charge in [-0.1, -0.05) is 115 Å². The molecule has 0 amide bonds. The van der Waals surface area contributed by atoms with Gasteiger partial charge in [-0.15, -0.1) is 0 Å². The van der Waals surface area contributed by atoms with Crippen molar-refractivity contribution in [2.45, 2.75) is 0 Å². The molecule has 53 heavy (non-hydrogen) atoms. The largest absolute Gasteiger partial charge is 0.287 e. The third-order valence-corrected chi connectivity index (χ3v) is 8.72. The van der Waals surface area contributed by atoms with Gasteiger partial charge in [-0.3, -0.25) is 9.59 Å². The van der Waals surface area contributed by atoms with Gasteiger partial charge in [0.1, 0.15) is 29.0 Å². The molecule has 250 valence electrons.